The Morgan fingerprint density at radius 2 is 1.61 bits per heavy atom. The fraction of sp³-hybridized carbons (Fsp3) is 0.500. The van der Waals surface area contributed by atoms with Gasteiger partial charge in [-0.2, -0.15) is 0 Å². The fourth-order valence-corrected chi connectivity index (χ4v) is 8.19. The smallest absolute Gasteiger partial charge is 0.230 e. The minimum Gasteiger partial charge on any atom is -0.326 e. The van der Waals surface area contributed by atoms with Crippen molar-refractivity contribution in [3.63, 3.8) is 0 Å². The van der Waals surface area contributed by atoms with Gasteiger partial charge in [0, 0.05) is 5.69 Å². The summed E-state index contributed by atoms with van der Waals surface area (Å²) in [5.74, 6) is 1.02. The van der Waals surface area contributed by atoms with E-state index >= 15 is 0 Å². The molecule has 5 aliphatic carbocycles. The molecule has 2 aromatic rings. The molecule has 144 valence electrons. The van der Waals surface area contributed by atoms with Gasteiger partial charge in [0.15, 0.2) is 0 Å². The zero-order valence-electron chi connectivity index (χ0n) is 17.0. The molecule has 2 aromatic carbocycles. The van der Waals surface area contributed by atoms with Crippen molar-refractivity contribution in [1.82, 2.24) is 0 Å². The highest BCUT2D eigenvalue weighted by Gasteiger charge is 2.62. The van der Waals surface area contributed by atoms with Crippen molar-refractivity contribution in [2.45, 2.75) is 58.8 Å². The first kappa shape index (κ1) is 16.8. The Bertz CT molecular complexity index is 987. The summed E-state index contributed by atoms with van der Waals surface area (Å²) in [5.41, 5.74) is 6.95. The largest absolute Gasteiger partial charge is 0.326 e. The zero-order chi connectivity index (χ0) is 19.1. The standard InChI is InChI=1S/C26H29NO/c1-24-11-17-12-25(2,14-24)16-26(13-17,15-24)23(28)27-20-7-8-22-19(10-20)9-18-5-3-4-6-21(18)22/h3-8,10,17H,9,11-16H2,1-2H3,(H,27,28)/t17?,24-,25+,26?. The number of amides is 1. The molecule has 2 heteroatoms. The maximum Gasteiger partial charge on any atom is 0.230 e. The van der Waals surface area contributed by atoms with Gasteiger partial charge < -0.3 is 5.32 Å². The summed E-state index contributed by atoms with van der Waals surface area (Å²) >= 11 is 0. The van der Waals surface area contributed by atoms with Crippen molar-refractivity contribution in [2.75, 3.05) is 5.32 Å². The molecule has 28 heavy (non-hydrogen) atoms. The van der Waals surface area contributed by atoms with Crippen LogP contribution in [0, 0.1) is 22.2 Å². The molecule has 4 fully saturated rings. The highest BCUT2D eigenvalue weighted by molar-refractivity contribution is 5.96. The van der Waals surface area contributed by atoms with E-state index in [-0.39, 0.29) is 11.3 Å². The summed E-state index contributed by atoms with van der Waals surface area (Å²) < 4.78 is 0. The molecule has 0 aliphatic heterocycles. The summed E-state index contributed by atoms with van der Waals surface area (Å²) in [6, 6.07) is 15.1. The summed E-state index contributed by atoms with van der Waals surface area (Å²) in [6.45, 7) is 4.87. The van der Waals surface area contributed by atoms with Gasteiger partial charge in [0.05, 0.1) is 5.41 Å². The van der Waals surface area contributed by atoms with Crippen LogP contribution in [0.3, 0.4) is 0 Å². The number of nitrogens with one attached hydrogen (secondary N) is 1. The van der Waals surface area contributed by atoms with Gasteiger partial charge in [-0.3, -0.25) is 4.79 Å². The molecule has 0 aromatic heterocycles. The van der Waals surface area contributed by atoms with E-state index in [1.807, 2.05) is 0 Å². The molecule has 0 spiro atoms. The Hall–Kier alpha value is -2.09. The van der Waals surface area contributed by atoms with Crippen molar-refractivity contribution in [2.24, 2.45) is 22.2 Å². The van der Waals surface area contributed by atoms with Gasteiger partial charge in [0.1, 0.15) is 0 Å². The molecule has 5 aliphatic rings. The minimum atomic E-state index is -0.148. The number of benzene rings is 2. The molecule has 1 amide bonds. The molecule has 2 nitrogen and oxygen atoms in total. The Morgan fingerprint density at radius 1 is 0.893 bits per heavy atom. The van der Waals surface area contributed by atoms with Gasteiger partial charge in [-0.05, 0) is 96.1 Å². The quantitative estimate of drug-likeness (QED) is 0.571. The third kappa shape index (κ3) is 2.36. The zero-order valence-corrected chi connectivity index (χ0v) is 17.0. The maximum absolute atomic E-state index is 13.6. The van der Waals surface area contributed by atoms with E-state index in [2.05, 4.69) is 61.6 Å². The predicted octanol–water partition coefficient (Wildman–Crippen LogP) is 6.19. The van der Waals surface area contributed by atoms with Crippen LogP contribution in [0.2, 0.25) is 0 Å². The second-order valence-electron chi connectivity index (χ2n) is 11.1. The topological polar surface area (TPSA) is 29.1 Å². The fourth-order valence-electron chi connectivity index (χ4n) is 8.19. The molecule has 0 heterocycles. The number of hydrogen-bond donors (Lipinski definition) is 1. The lowest BCUT2D eigenvalue weighted by Gasteiger charge is -2.64. The van der Waals surface area contributed by atoms with E-state index in [9.17, 15) is 4.79 Å². The number of fused-ring (bicyclic) bond motifs is 3. The van der Waals surface area contributed by atoms with E-state index in [1.165, 1.54) is 41.5 Å². The molecular weight excluding hydrogens is 342 g/mol. The third-order valence-electron chi connectivity index (χ3n) is 8.16. The molecule has 0 saturated heterocycles. The van der Waals surface area contributed by atoms with E-state index < -0.39 is 0 Å². The summed E-state index contributed by atoms with van der Waals surface area (Å²) in [7, 11) is 0. The van der Waals surface area contributed by atoms with Gasteiger partial charge in [0.2, 0.25) is 5.91 Å². The first-order chi connectivity index (χ1) is 13.4. The molecule has 7 rings (SSSR count). The Kier molecular flexibility index (Phi) is 3.18. The van der Waals surface area contributed by atoms with Crippen molar-refractivity contribution in [3.05, 3.63) is 53.6 Å². The molecule has 2 unspecified atom stereocenters. The summed E-state index contributed by atoms with van der Waals surface area (Å²) in [4.78, 5) is 13.6. The lowest BCUT2D eigenvalue weighted by atomic mass is 9.40. The Morgan fingerprint density at radius 3 is 2.36 bits per heavy atom. The minimum absolute atomic E-state index is 0.148. The Labute approximate surface area is 167 Å². The van der Waals surface area contributed by atoms with Gasteiger partial charge in [-0.25, -0.2) is 0 Å². The maximum atomic E-state index is 13.6. The van der Waals surface area contributed by atoms with Crippen LogP contribution < -0.4 is 5.32 Å². The van der Waals surface area contributed by atoms with Crippen molar-refractivity contribution in [1.29, 1.82) is 0 Å². The van der Waals surface area contributed by atoms with Crippen LogP contribution in [0.15, 0.2) is 42.5 Å². The average Bonchev–Trinajstić information content (AvgIpc) is 2.96. The van der Waals surface area contributed by atoms with Crippen LogP contribution in [-0.2, 0) is 11.2 Å². The van der Waals surface area contributed by atoms with E-state index in [0.717, 1.165) is 37.3 Å². The number of rotatable bonds is 2. The molecule has 1 N–H and O–H groups in total. The molecular formula is C26H29NO. The monoisotopic (exact) mass is 371 g/mol. The highest BCUT2D eigenvalue weighted by Crippen LogP contribution is 2.69. The van der Waals surface area contributed by atoms with Crippen LogP contribution in [0.25, 0.3) is 11.1 Å². The molecule has 4 bridgehead atoms. The SMILES string of the molecule is C[C@]12CC3CC(C(=O)Nc4ccc5c(c4)Cc4ccccc4-5)(C1)C[C@@](C)(C3)C2. The van der Waals surface area contributed by atoms with Crippen LogP contribution >= 0.6 is 0 Å². The van der Waals surface area contributed by atoms with Gasteiger partial charge in [-0.1, -0.05) is 44.2 Å². The first-order valence-corrected chi connectivity index (χ1v) is 10.9. The van der Waals surface area contributed by atoms with Crippen molar-refractivity contribution in [3.8, 4) is 11.1 Å². The van der Waals surface area contributed by atoms with Crippen LogP contribution in [0.4, 0.5) is 5.69 Å². The molecule has 4 saturated carbocycles. The lowest BCUT2D eigenvalue weighted by Crippen LogP contribution is -2.58. The van der Waals surface area contributed by atoms with Gasteiger partial charge >= 0.3 is 0 Å². The second kappa shape index (κ2) is 5.28. The molecule has 0 radical (unpaired) electrons. The number of anilines is 1. The first-order valence-electron chi connectivity index (χ1n) is 10.9. The summed E-state index contributed by atoms with van der Waals surface area (Å²) in [5, 5.41) is 3.35. The van der Waals surface area contributed by atoms with Gasteiger partial charge in [0.25, 0.3) is 0 Å². The number of carbonyl (C=O) groups excluding carboxylic acids is 1. The third-order valence-corrected chi connectivity index (χ3v) is 8.16. The number of hydrogen-bond acceptors (Lipinski definition) is 1. The van der Waals surface area contributed by atoms with Crippen LogP contribution in [0.1, 0.15) is 63.5 Å². The van der Waals surface area contributed by atoms with E-state index in [4.69, 9.17) is 0 Å². The second-order valence-corrected chi connectivity index (χ2v) is 11.1. The average molecular weight is 372 g/mol. The highest BCUT2D eigenvalue weighted by atomic mass is 16.2. The van der Waals surface area contributed by atoms with Crippen molar-refractivity contribution >= 4 is 11.6 Å². The van der Waals surface area contributed by atoms with Crippen LogP contribution in [-0.4, -0.2) is 5.91 Å². The van der Waals surface area contributed by atoms with Gasteiger partial charge in [-0.15, -0.1) is 0 Å². The number of carbonyl (C=O) groups is 1. The Balaban J connectivity index is 1.29. The molecule has 4 atom stereocenters. The summed E-state index contributed by atoms with van der Waals surface area (Å²) in [6.07, 6.45) is 8.19. The normalized spacial score (nSPS) is 36.9. The van der Waals surface area contributed by atoms with E-state index in [1.54, 1.807) is 0 Å². The predicted molar refractivity (Wildman–Crippen MR) is 113 cm³/mol. The van der Waals surface area contributed by atoms with E-state index in [0.29, 0.717) is 10.8 Å². The van der Waals surface area contributed by atoms with Crippen molar-refractivity contribution < 1.29 is 4.79 Å². The lowest BCUT2D eigenvalue weighted by molar-refractivity contribution is -0.165. The van der Waals surface area contributed by atoms with Crippen LogP contribution in [0.5, 0.6) is 0 Å².